The first-order chi connectivity index (χ1) is 10.2. The highest BCUT2D eigenvalue weighted by Crippen LogP contribution is 2.22. The van der Waals surface area contributed by atoms with E-state index in [-0.39, 0.29) is 5.91 Å². The molecular weight excluding hydrogens is 290 g/mol. The topological polar surface area (TPSA) is 71.3 Å². The van der Waals surface area contributed by atoms with Crippen molar-refractivity contribution in [2.75, 3.05) is 17.7 Å². The molecule has 1 amide bonds. The molecule has 2 heterocycles. The van der Waals surface area contributed by atoms with Gasteiger partial charge in [-0.1, -0.05) is 23.7 Å². The van der Waals surface area contributed by atoms with E-state index in [9.17, 15) is 4.79 Å². The van der Waals surface area contributed by atoms with Gasteiger partial charge >= 0.3 is 0 Å². The molecule has 0 fully saturated rings. The molecule has 7 heteroatoms. The van der Waals surface area contributed by atoms with Crippen molar-refractivity contribution in [2.45, 2.75) is 0 Å². The Kier molecular flexibility index (Phi) is 3.45. The summed E-state index contributed by atoms with van der Waals surface area (Å²) in [6, 6.07) is 8.82. The van der Waals surface area contributed by atoms with Crippen molar-refractivity contribution in [2.24, 2.45) is 0 Å². The molecule has 0 radical (unpaired) electrons. The Labute approximate surface area is 125 Å². The molecule has 2 N–H and O–H groups in total. The van der Waals surface area contributed by atoms with Crippen molar-refractivity contribution < 1.29 is 4.79 Å². The highest BCUT2D eigenvalue weighted by Gasteiger charge is 2.15. The van der Waals surface area contributed by atoms with Gasteiger partial charge in [-0.25, -0.2) is 9.50 Å². The van der Waals surface area contributed by atoms with Crippen LogP contribution >= 0.6 is 11.6 Å². The summed E-state index contributed by atoms with van der Waals surface area (Å²) in [6.45, 7) is 0. The lowest BCUT2D eigenvalue weighted by atomic mass is 10.2. The largest absolute Gasteiger partial charge is 0.373 e. The number of benzene rings is 1. The molecule has 3 rings (SSSR count). The third-order valence-corrected chi connectivity index (χ3v) is 3.32. The second-order valence-corrected chi connectivity index (χ2v) is 4.73. The highest BCUT2D eigenvalue weighted by molar-refractivity contribution is 6.34. The molecule has 0 bridgehead atoms. The van der Waals surface area contributed by atoms with Crippen LogP contribution in [-0.2, 0) is 0 Å². The van der Waals surface area contributed by atoms with Gasteiger partial charge in [0.15, 0.2) is 5.65 Å². The van der Waals surface area contributed by atoms with Crippen LogP contribution in [0.1, 0.15) is 10.4 Å². The monoisotopic (exact) mass is 301 g/mol. The molecule has 0 aliphatic heterocycles. The van der Waals surface area contributed by atoms with Gasteiger partial charge in [-0.3, -0.25) is 4.79 Å². The smallest absolute Gasteiger partial charge is 0.261 e. The summed E-state index contributed by atoms with van der Waals surface area (Å²) in [5.41, 5.74) is 1.41. The van der Waals surface area contributed by atoms with Gasteiger partial charge in [0.05, 0.1) is 16.9 Å². The zero-order chi connectivity index (χ0) is 14.8. The number of halogens is 1. The van der Waals surface area contributed by atoms with E-state index in [0.717, 1.165) is 0 Å². The van der Waals surface area contributed by atoms with E-state index in [1.165, 1.54) is 6.20 Å². The Hall–Kier alpha value is -2.60. The molecule has 6 nitrogen and oxygen atoms in total. The first kappa shape index (κ1) is 13.4. The number of fused-ring (bicyclic) bond motifs is 1. The fourth-order valence-corrected chi connectivity index (χ4v) is 2.10. The normalized spacial score (nSPS) is 10.6. The SMILES string of the molecule is CNc1ccn2ncc(C(=O)Nc3ccccc3Cl)c2n1. The zero-order valence-corrected chi connectivity index (χ0v) is 11.9. The average Bonchev–Trinajstić information content (AvgIpc) is 2.92. The maximum atomic E-state index is 12.4. The average molecular weight is 302 g/mol. The fourth-order valence-electron chi connectivity index (χ4n) is 1.92. The van der Waals surface area contributed by atoms with E-state index in [1.807, 2.05) is 0 Å². The minimum Gasteiger partial charge on any atom is -0.373 e. The number of nitrogens with one attached hydrogen (secondary N) is 2. The molecule has 0 aliphatic carbocycles. The minimum absolute atomic E-state index is 0.307. The molecule has 0 saturated heterocycles. The van der Waals surface area contributed by atoms with Crippen molar-refractivity contribution in [1.82, 2.24) is 14.6 Å². The number of aromatic nitrogens is 3. The predicted molar refractivity (Wildman–Crippen MR) is 81.9 cm³/mol. The summed E-state index contributed by atoms with van der Waals surface area (Å²) >= 11 is 6.03. The molecule has 0 spiro atoms. The summed E-state index contributed by atoms with van der Waals surface area (Å²) in [7, 11) is 1.76. The molecule has 1 aromatic carbocycles. The summed E-state index contributed by atoms with van der Waals surface area (Å²) in [6.07, 6.45) is 3.22. The summed E-state index contributed by atoms with van der Waals surface area (Å²) in [5.74, 6) is 0.355. The second kappa shape index (κ2) is 5.41. The van der Waals surface area contributed by atoms with Crippen LogP contribution in [0.5, 0.6) is 0 Å². The lowest BCUT2D eigenvalue weighted by Crippen LogP contribution is -2.12. The molecule has 2 aromatic heterocycles. The van der Waals surface area contributed by atoms with Gasteiger partial charge in [0.1, 0.15) is 11.4 Å². The lowest BCUT2D eigenvalue weighted by molar-refractivity contribution is 0.102. The summed E-state index contributed by atoms with van der Waals surface area (Å²) in [5, 5.41) is 10.3. The number of rotatable bonds is 3. The number of hydrogen-bond acceptors (Lipinski definition) is 4. The van der Waals surface area contributed by atoms with Crippen molar-refractivity contribution in [3.8, 4) is 0 Å². The number of nitrogens with zero attached hydrogens (tertiary/aromatic N) is 3. The first-order valence-corrected chi connectivity index (χ1v) is 6.65. The molecule has 0 saturated carbocycles. The highest BCUT2D eigenvalue weighted by atomic mass is 35.5. The number of amides is 1. The number of para-hydroxylation sites is 1. The van der Waals surface area contributed by atoms with Crippen LogP contribution in [-0.4, -0.2) is 27.6 Å². The van der Waals surface area contributed by atoms with Crippen LogP contribution < -0.4 is 10.6 Å². The standard InChI is InChI=1S/C14H12ClN5O/c1-16-12-6-7-20-13(19-12)9(8-17-20)14(21)18-11-5-3-2-4-10(11)15/h2-8H,1H3,(H,16,19)(H,18,21). The van der Waals surface area contributed by atoms with Gasteiger partial charge in [0.2, 0.25) is 0 Å². The number of hydrogen-bond donors (Lipinski definition) is 2. The van der Waals surface area contributed by atoms with Gasteiger partial charge in [-0.2, -0.15) is 5.10 Å². The fraction of sp³-hybridized carbons (Fsp3) is 0.0714. The summed E-state index contributed by atoms with van der Waals surface area (Å²) < 4.78 is 1.54. The molecule has 21 heavy (non-hydrogen) atoms. The van der Waals surface area contributed by atoms with Gasteiger partial charge < -0.3 is 10.6 Å². The molecule has 0 atom stereocenters. The van der Waals surface area contributed by atoms with Crippen LogP contribution in [0.25, 0.3) is 5.65 Å². The third-order valence-electron chi connectivity index (χ3n) is 2.99. The van der Waals surface area contributed by atoms with Gasteiger partial charge in [-0.15, -0.1) is 0 Å². The van der Waals surface area contributed by atoms with E-state index in [4.69, 9.17) is 11.6 Å². The van der Waals surface area contributed by atoms with Gasteiger partial charge in [0, 0.05) is 13.2 Å². The van der Waals surface area contributed by atoms with Crippen LogP contribution in [0.2, 0.25) is 5.02 Å². The second-order valence-electron chi connectivity index (χ2n) is 4.32. The molecule has 0 aliphatic rings. The van der Waals surface area contributed by atoms with E-state index < -0.39 is 0 Å². The van der Waals surface area contributed by atoms with E-state index in [1.54, 1.807) is 48.1 Å². The predicted octanol–water partition coefficient (Wildman–Crippen LogP) is 2.68. The van der Waals surface area contributed by atoms with Crippen LogP contribution in [0.4, 0.5) is 11.5 Å². The van der Waals surface area contributed by atoms with E-state index in [0.29, 0.717) is 27.7 Å². The Morgan fingerprint density at radius 1 is 1.29 bits per heavy atom. The van der Waals surface area contributed by atoms with Crippen LogP contribution in [0.15, 0.2) is 42.7 Å². The first-order valence-electron chi connectivity index (χ1n) is 6.27. The van der Waals surface area contributed by atoms with E-state index in [2.05, 4.69) is 20.7 Å². The molecular formula is C14H12ClN5O. The Balaban J connectivity index is 1.96. The van der Waals surface area contributed by atoms with Crippen LogP contribution in [0, 0.1) is 0 Å². The van der Waals surface area contributed by atoms with Gasteiger partial charge in [-0.05, 0) is 18.2 Å². The van der Waals surface area contributed by atoms with Crippen LogP contribution in [0.3, 0.4) is 0 Å². The molecule has 3 aromatic rings. The van der Waals surface area contributed by atoms with E-state index >= 15 is 0 Å². The summed E-state index contributed by atoms with van der Waals surface area (Å²) in [4.78, 5) is 16.7. The zero-order valence-electron chi connectivity index (χ0n) is 11.2. The Bertz CT molecular complexity index is 814. The Morgan fingerprint density at radius 3 is 2.86 bits per heavy atom. The van der Waals surface area contributed by atoms with Crippen molar-refractivity contribution >= 4 is 34.7 Å². The lowest BCUT2D eigenvalue weighted by Gasteiger charge is -2.06. The minimum atomic E-state index is -0.307. The maximum Gasteiger partial charge on any atom is 0.261 e. The number of anilines is 2. The Morgan fingerprint density at radius 2 is 2.10 bits per heavy atom. The maximum absolute atomic E-state index is 12.4. The van der Waals surface area contributed by atoms with Gasteiger partial charge in [0.25, 0.3) is 5.91 Å². The quantitative estimate of drug-likeness (QED) is 0.780. The van der Waals surface area contributed by atoms with Crippen molar-refractivity contribution in [1.29, 1.82) is 0 Å². The number of carbonyl (C=O) groups is 1. The molecule has 106 valence electrons. The number of carbonyl (C=O) groups excluding carboxylic acids is 1. The van der Waals surface area contributed by atoms with Crippen molar-refractivity contribution in [3.63, 3.8) is 0 Å². The molecule has 0 unspecified atom stereocenters. The third kappa shape index (κ3) is 2.53. The van der Waals surface area contributed by atoms with Crippen molar-refractivity contribution in [3.05, 3.63) is 53.3 Å².